The molecule has 1 aromatic carbocycles. The number of alkyl halides is 1. The molecule has 2 rings (SSSR count). The molecule has 0 bridgehead atoms. The molecule has 0 saturated heterocycles. The van der Waals surface area contributed by atoms with Crippen LogP contribution in [0.15, 0.2) is 24.3 Å². The second-order valence-corrected chi connectivity index (χ2v) is 5.21. The number of benzene rings is 1. The molecule has 1 aliphatic heterocycles. The number of para-hydroxylation sites is 1. The van der Waals surface area contributed by atoms with Gasteiger partial charge in [-0.25, -0.2) is 0 Å². The monoisotopic (exact) mass is 239 g/mol. The van der Waals surface area contributed by atoms with E-state index in [-0.39, 0.29) is 5.54 Å². The van der Waals surface area contributed by atoms with E-state index in [1.165, 1.54) is 5.56 Å². The summed E-state index contributed by atoms with van der Waals surface area (Å²) in [6.45, 7) is 5.91. The van der Waals surface area contributed by atoms with E-state index in [0.29, 0.717) is 11.8 Å². The summed E-state index contributed by atoms with van der Waals surface area (Å²) in [5.41, 5.74) is 1.29. The van der Waals surface area contributed by atoms with Crippen LogP contribution in [0.3, 0.4) is 0 Å². The van der Waals surface area contributed by atoms with Crippen molar-refractivity contribution in [2.75, 3.05) is 19.0 Å². The largest absolute Gasteiger partial charge is 0.493 e. The Balaban J connectivity index is 1.99. The van der Waals surface area contributed by atoms with Crippen LogP contribution in [-0.2, 0) is 0 Å². The lowest BCUT2D eigenvalue weighted by molar-refractivity contribution is 0.313. The highest BCUT2D eigenvalue weighted by Gasteiger charge is 2.25. The molecule has 16 heavy (non-hydrogen) atoms. The van der Waals surface area contributed by atoms with E-state index in [1.807, 2.05) is 12.1 Å². The van der Waals surface area contributed by atoms with Crippen LogP contribution in [0.2, 0.25) is 0 Å². The second-order valence-electron chi connectivity index (χ2n) is 4.94. The first-order valence-electron chi connectivity index (χ1n) is 5.65. The van der Waals surface area contributed by atoms with Crippen LogP contribution in [0.5, 0.6) is 5.75 Å². The molecule has 0 saturated carbocycles. The molecular weight excluding hydrogens is 222 g/mol. The molecule has 0 spiro atoms. The Hall–Kier alpha value is -0.730. The Morgan fingerprint density at radius 2 is 2.19 bits per heavy atom. The summed E-state index contributed by atoms with van der Waals surface area (Å²) in [6.07, 6.45) is 0. The summed E-state index contributed by atoms with van der Waals surface area (Å²) in [6, 6.07) is 8.24. The van der Waals surface area contributed by atoms with Crippen LogP contribution in [0.1, 0.15) is 25.3 Å². The van der Waals surface area contributed by atoms with Crippen LogP contribution < -0.4 is 10.1 Å². The number of fused-ring (bicyclic) bond motifs is 1. The molecule has 1 aliphatic rings. The SMILES string of the molecule is CC(C)(CCl)NCC1COc2ccccc21. The van der Waals surface area contributed by atoms with Gasteiger partial charge in [0.1, 0.15) is 5.75 Å². The molecule has 2 nitrogen and oxygen atoms in total. The normalized spacial score (nSPS) is 19.3. The number of hydrogen-bond donors (Lipinski definition) is 1. The predicted molar refractivity (Wildman–Crippen MR) is 67.5 cm³/mol. The summed E-state index contributed by atoms with van der Waals surface area (Å²) in [5.74, 6) is 2.08. The average molecular weight is 240 g/mol. The van der Waals surface area contributed by atoms with E-state index < -0.39 is 0 Å². The molecular formula is C13H18ClNO. The first-order valence-corrected chi connectivity index (χ1v) is 6.18. The van der Waals surface area contributed by atoms with Crippen LogP contribution in [0, 0.1) is 0 Å². The van der Waals surface area contributed by atoms with E-state index in [2.05, 4.69) is 31.3 Å². The van der Waals surface area contributed by atoms with Gasteiger partial charge in [0.2, 0.25) is 0 Å². The number of nitrogens with one attached hydrogen (secondary N) is 1. The van der Waals surface area contributed by atoms with Crippen molar-refractivity contribution in [3.63, 3.8) is 0 Å². The molecule has 0 fully saturated rings. The van der Waals surface area contributed by atoms with E-state index in [9.17, 15) is 0 Å². The zero-order valence-corrected chi connectivity index (χ0v) is 10.6. The van der Waals surface area contributed by atoms with Crippen molar-refractivity contribution >= 4 is 11.6 Å². The van der Waals surface area contributed by atoms with Crippen molar-refractivity contribution in [2.24, 2.45) is 0 Å². The van der Waals surface area contributed by atoms with E-state index >= 15 is 0 Å². The molecule has 0 amide bonds. The van der Waals surface area contributed by atoms with Gasteiger partial charge in [0.25, 0.3) is 0 Å². The molecule has 1 aromatic rings. The van der Waals surface area contributed by atoms with Gasteiger partial charge in [0, 0.05) is 29.4 Å². The van der Waals surface area contributed by atoms with Crippen LogP contribution in [0.25, 0.3) is 0 Å². The van der Waals surface area contributed by atoms with Crippen LogP contribution >= 0.6 is 11.6 Å². The average Bonchev–Trinajstić information content (AvgIpc) is 2.70. The van der Waals surface area contributed by atoms with E-state index in [4.69, 9.17) is 16.3 Å². The third kappa shape index (κ3) is 2.50. The van der Waals surface area contributed by atoms with Crippen molar-refractivity contribution in [1.29, 1.82) is 0 Å². The van der Waals surface area contributed by atoms with Gasteiger partial charge < -0.3 is 10.1 Å². The van der Waals surface area contributed by atoms with Crippen LogP contribution in [0.4, 0.5) is 0 Å². The zero-order chi connectivity index (χ0) is 11.6. The molecule has 1 unspecified atom stereocenters. The fourth-order valence-corrected chi connectivity index (χ4v) is 1.94. The third-order valence-corrected chi connectivity index (χ3v) is 3.63. The lowest BCUT2D eigenvalue weighted by Gasteiger charge is -2.25. The van der Waals surface area contributed by atoms with Gasteiger partial charge in [-0.05, 0) is 19.9 Å². The molecule has 1 heterocycles. The maximum absolute atomic E-state index is 5.89. The van der Waals surface area contributed by atoms with Gasteiger partial charge in [-0.3, -0.25) is 0 Å². The molecule has 88 valence electrons. The standard InChI is InChI=1S/C13H18ClNO/c1-13(2,9-14)15-7-10-8-16-12-6-4-3-5-11(10)12/h3-6,10,15H,7-9H2,1-2H3. The molecule has 1 atom stereocenters. The van der Waals surface area contributed by atoms with Gasteiger partial charge >= 0.3 is 0 Å². The van der Waals surface area contributed by atoms with Crippen molar-refractivity contribution < 1.29 is 4.74 Å². The van der Waals surface area contributed by atoms with Crippen molar-refractivity contribution in [3.8, 4) is 5.75 Å². The third-order valence-electron chi connectivity index (χ3n) is 2.96. The van der Waals surface area contributed by atoms with Gasteiger partial charge in [-0.2, -0.15) is 0 Å². The summed E-state index contributed by atoms with van der Waals surface area (Å²) in [7, 11) is 0. The van der Waals surface area contributed by atoms with Crippen molar-refractivity contribution in [1.82, 2.24) is 5.32 Å². The lowest BCUT2D eigenvalue weighted by Crippen LogP contribution is -2.43. The lowest BCUT2D eigenvalue weighted by atomic mass is 9.99. The highest BCUT2D eigenvalue weighted by Crippen LogP contribution is 2.33. The highest BCUT2D eigenvalue weighted by atomic mass is 35.5. The molecule has 0 aliphatic carbocycles. The van der Waals surface area contributed by atoms with Gasteiger partial charge in [-0.15, -0.1) is 11.6 Å². The number of rotatable bonds is 4. The Kier molecular flexibility index (Phi) is 3.41. The zero-order valence-electron chi connectivity index (χ0n) is 9.79. The first-order chi connectivity index (χ1) is 7.62. The summed E-state index contributed by atoms with van der Waals surface area (Å²) in [5, 5.41) is 3.48. The number of ether oxygens (including phenoxy) is 1. The minimum absolute atomic E-state index is 0.0148. The Bertz CT molecular complexity index is 365. The first kappa shape index (κ1) is 11.7. The Morgan fingerprint density at radius 3 is 2.94 bits per heavy atom. The second kappa shape index (κ2) is 4.64. The smallest absolute Gasteiger partial charge is 0.122 e. The number of hydrogen-bond acceptors (Lipinski definition) is 2. The maximum Gasteiger partial charge on any atom is 0.122 e. The Labute approximate surface area is 102 Å². The minimum atomic E-state index is -0.0148. The molecule has 1 N–H and O–H groups in total. The minimum Gasteiger partial charge on any atom is -0.493 e. The fourth-order valence-electron chi connectivity index (χ4n) is 1.85. The molecule has 0 radical (unpaired) electrons. The summed E-state index contributed by atoms with van der Waals surface area (Å²) >= 11 is 5.89. The van der Waals surface area contributed by atoms with Gasteiger partial charge in [0.15, 0.2) is 0 Å². The highest BCUT2D eigenvalue weighted by molar-refractivity contribution is 6.18. The Morgan fingerprint density at radius 1 is 1.44 bits per heavy atom. The van der Waals surface area contributed by atoms with E-state index in [0.717, 1.165) is 18.9 Å². The van der Waals surface area contributed by atoms with E-state index in [1.54, 1.807) is 0 Å². The fraction of sp³-hybridized carbons (Fsp3) is 0.538. The quantitative estimate of drug-likeness (QED) is 0.816. The summed E-state index contributed by atoms with van der Waals surface area (Å²) < 4.78 is 5.64. The van der Waals surface area contributed by atoms with Crippen LogP contribution in [-0.4, -0.2) is 24.6 Å². The topological polar surface area (TPSA) is 21.3 Å². The van der Waals surface area contributed by atoms with Gasteiger partial charge in [-0.1, -0.05) is 18.2 Å². The van der Waals surface area contributed by atoms with Gasteiger partial charge in [0.05, 0.1) is 6.61 Å². The molecule has 0 aromatic heterocycles. The number of halogens is 1. The molecule has 3 heteroatoms. The predicted octanol–water partition coefficient (Wildman–Crippen LogP) is 2.77. The van der Waals surface area contributed by atoms with Crippen molar-refractivity contribution in [3.05, 3.63) is 29.8 Å². The van der Waals surface area contributed by atoms with Crippen molar-refractivity contribution in [2.45, 2.75) is 25.3 Å². The maximum atomic E-state index is 5.89. The summed E-state index contributed by atoms with van der Waals surface area (Å²) in [4.78, 5) is 0.